The smallest absolute Gasteiger partial charge is 0.337 e. The number of hydrogen-bond donors (Lipinski definition) is 2. The molecule has 0 aromatic heterocycles. The van der Waals surface area contributed by atoms with Gasteiger partial charge < -0.3 is 10.4 Å². The van der Waals surface area contributed by atoms with Crippen molar-refractivity contribution in [1.29, 1.82) is 0 Å². The second kappa shape index (κ2) is 5.28. The Hall–Kier alpha value is -2.07. The van der Waals surface area contributed by atoms with E-state index in [-0.39, 0.29) is 11.3 Å². The zero-order valence-corrected chi connectivity index (χ0v) is 10.8. The van der Waals surface area contributed by atoms with E-state index in [1.807, 2.05) is 6.92 Å². The van der Waals surface area contributed by atoms with E-state index in [0.717, 1.165) is 5.56 Å². The van der Waals surface area contributed by atoms with Gasteiger partial charge in [0, 0.05) is 10.7 Å². The van der Waals surface area contributed by atoms with Crippen LogP contribution in [0.25, 0.3) is 0 Å². The number of rotatable bonds is 3. The SMILES string of the molecule is Cc1ccc(Cl)cc1Nc1c(F)cccc1C(=O)O. The number of anilines is 2. The molecule has 0 fully saturated rings. The number of hydrogen-bond acceptors (Lipinski definition) is 2. The minimum absolute atomic E-state index is 0.0691. The van der Waals surface area contributed by atoms with Crippen molar-refractivity contribution in [3.05, 3.63) is 58.4 Å². The molecule has 2 aromatic carbocycles. The average molecular weight is 280 g/mol. The topological polar surface area (TPSA) is 49.3 Å². The Balaban J connectivity index is 2.49. The highest BCUT2D eigenvalue weighted by Crippen LogP contribution is 2.28. The molecule has 0 aliphatic carbocycles. The van der Waals surface area contributed by atoms with Crippen molar-refractivity contribution >= 4 is 28.9 Å². The van der Waals surface area contributed by atoms with Crippen molar-refractivity contribution in [3.63, 3.8) is 0 Å². The Morgan fingerprint density at radius 2 is 2.05 bits per heavy atom. The molecule has 0 aliphatic rings. The lowest BCUT2D eigenvalue weighted by Crippen LogP contribution is -2.05. The summed E-state index contributed by atoms with van der Waals surface area (Å²) in [6, 6.07) is 9.00. The molecule has 3 nitrogen and oxygen atoms in total. The second-order valence-corrected chi connectivity index (χ2v) is 4.49. The maximum atomic E-state index is 13.8. The molecule has 0 saturated carbocycles. The van der Waals surface area contributed by atoms with Crippen LogP contribution in [0.3, 0.4) is 0 Å². The zero-order valence-electron chi connectivity index (χ0n) is 10.1. The van der Waals surface area contributed by atoms with Crippen molar-refractivity contribution in [3.8, 4) is 0 Å². The summed E-state index contributed by atoms with van der Waals surface area (Å²) in [4.78, 5) is 11.1. The van der Waals surface area contributed by atoms with E-state index in [0.29, 0.717) is 10.7 Å². The Labute approximate surface area is 114 Å². The third-order valence-electron chi connectivity index (χ3n) is 2.70. The van der Waals surface area contributed by atoms with Crippen LogP contribution in [-0.2, 0) is 0 Å². The van der Waals surface area contributed by atoms with Crippen LogP contribution in [0, 0.1) is 12.7 Å². The van der Waals surface area contributed by atoms with Crippen molar-refractivity contribution in [1.82, 2.24) is 0 Å². The Bertz CT molecular complexity index is 643. The summed E-state index contributed by atoms with van der Waals surface area (Å²) in [5.41, 5.74) is 1.21. The number of para-hydroxylation sites is 1. The predicted octanol–water partition coefficient (Wildman–Crippen LogP) is 4.23. The van der Waals surface area contributed by atoms with Gasteiger partial charge in [-0.15, -0.1) is 0 Å². The second-order valence-electron chi connectivity index (χ2n) is 4.05. The molecule has 0 radical (unpaired) electrons. The number of benzene rings is 2. The highest BCUT2D eigenvalue weighted by atomic mass is 35.5. The van der Waals surface area contributed by atoms with Gasteiger partial charge in [-0.2, -0.15) is 0 Å². The molecule has 2 rings (SSSR count). The third-order valence-corrected chi connectivity index (χ3v) is 2.94. The first kappa shape index (κ1) is 13.4. The number of carbonyl (C=O) groups is 1. The summed E-state index contributed by atoms with van der Waals surface area (Å²) >= 11 is 5.88. The molecule has 98 valence electrons. The first-order chi connectivity index (χ1) is 8.99. The van der Waals surface area contributed by atoms with Crippen LogP contribution in [0.15, 0.2) is 36.4 Å². The molecule has 0 aliphatic heterocycles. The fourth-order valence-corrected chi connectivity index (χ4v) is 1.87. The number of halogens is 2. The predicted molar refractivity (Wildman–Crippen MR) is 72.8 cm³/mol. The van der Waals surface area contributed by atoms with Crippen molar-refractivity contribution < 1.29 is 14.3 Å². The number of aryl methyl sites for hydroxylation is 1. The molecule has 0 heterocycles. The minimum Gasteiger partial charge on any atom is -0.478 e. The maximum Gasteiger partial charge on any atom is 0.337 e. The lowest BCUT2D eigenvalue weighted by molar-refractivity contribution is 0.0697. The fraction of sp³-hybridized carbons (Fsp3) is 0.0714. The van der Waals surface area contributed by atoms with Gasteiger partial charge in [0.15, 0.2) is 0 Å². The number of carboxylic acid groups (broad SMARTS) is 1. The number of aromatic carboxylic acids is 1. The maximum absolute atomic E-state index is 13.8. The van der Waals surface area contributed by atoms with Gasteiger partial charge in [0.1, 0.15) is 5.82 Å². The quantitative estimate of drug-likeness (QED) is 0.884. The van der Waals surface area contributed by atoms with Gasteiger partial charge in [-0.1, -0.05) is 23.7 Å². The van der Waals surface area contributed by atoms with Crippen molar-refractivity contribution in [2.75, 3.05) is 5.32 Å². The average Bonchev–Trinajstić information content (AvgIpc) is 2.35. The highest BCUT2D eigenvalue weighted by molar-refractivity contribution is 6.30. The highest BCUT2D eigenvalue weighted by Gasteiger charge is 2.15. The third kappa shape index (κ3) is 2.85. The van der Waals surface area contributed by atoms with Crippen molar-refractivity contribution in [2.45, 2.75) is 6.92 Å². The first-order valence-corrected chi connectivity index (χ1v) is 5.92. The molecule has 0 unspecified atom stereocenters. The van der Waals surface area contributed by atoms with Gasteiger partial charge in [0.25, 0.3) is 0 Å². The van der Waals surface area contributed by atoms with Crippen LogP contribution in [0.2, 0.25) is 5.02 Å². The van der Waals surface area contributed by atoms with Crippen molar-refractivity contribution in [2.24, 2.45) is 0 Å². The van der Waals surface area contributed by atoms with Crippen LogP contribution in [0.1, 0.15) is 15.9 Å². The van der Waals surface area contributed by atoms with Crippen LogP contribution >= 0.6 is 11.6 Å². The van der Waals surface area contributed by atoms with Crippen LogP contribution in [0.4, 0.5) is 15.8 Å². The van der Waals surface area contributed by atoms with Gasteiger partial charge in [-0.25, -0.2) is 9.18 Å². The molecule has 0 bridgehead atoms. The Morgan fingerprint density at radius 3 is 2.74 bits per heavy atom. The van der Waals surface area contributed by atoms with Crippen LogP contribution in [0.5, 0.6) is 0 Å². The normalized spacial score (nSPS) is 10.3. The standard InChI is InChI=1S/C14H11ClFNO2/c1-8-5-6-9(15)7-12(8)17-13-10(14(18)19)3-2-4-11(13)16/h2-7,17H,1H3,(H,18,19). The van der Waals surface area contributed by atoms with E-state index in [9.17, 15) is 9.18 Å². The summed E-state index contributed by atoms with van der Waals surface area (Å²) in [5, 5.41) is 12.3. The van der Waals surface area contributed by atoms with Crippen LogP contribution in [-0.4, -0.2) is 11.1 Å². The van der Waals surface area contributed by atoms with E-state index in [1.165, 1.54) is 18.2 Å². The molecule has 0 amide bonds. The monoisotopic (exact) mass is 279 g/mol. The number of carboxylic acids is 1. The molecular weight excluding hydrogens is 269 g/mol. The van der Waals surface area contributed by atoms with Gasteiger partial charge in [0.05, 0.1) is 11.3 Å². The molecular formula is C14H11ClFNO2. The van der Waals surface area contributed by atoms with E-state index >= 15 is 0 Å². The van der Waals surface area contributed by atoms with Gasteiger partial charge in [-0.3, -0.25) is 0 Å². The largest absolute Gasteiger partial charge is 0.478 e. The molecule has 0 atom stereocenters. The Morgan fingerprint density at radius 1 is 1.32 bits per heavy atom. The van der Waals surface area contributed by atoms with E-state index < -0.39 is 11.8 Å². The number of nitrogens with one attached hydrogen (secondary N) is 1. The summed E-state index contributed by atoms with van der Waals surface area (Å²) in [6.45, 7) is 1.82. The van der Waals surface area contributed by atoms with Gasteiger partial charge in [0.2, 0.25) is 0 Å². The van der Waals surface area contributed by atoms with Gasteiger partial charge in [-0.05, 0) is 36.8 Å². The molecule has 2 N–H and O–H groups in total. The summed E-state index contributed by atoms with van der Waals surface area (Å²) < 4.78 is 13.8. The molecule has 0 spiro atoms. The minimum atomic E-state index is -1.19. The van der Waals surface area contributed by atoms with E-state index in [4.69, 9.17) is 16.7 Å². The lowest BCUT2D eigenvalue weighted by Gasteiger charge is -2.13. The summed E-state index contributed by atoms with van der Waals surface area (Å²) in [6.07, 6.45) is 0. The fourth-order valence-electron chi connectivity index (χ4n) is 1.69. The summed E-state index contributed by atoms with van der Waals surface area (Å²) in [5.74, 6) is -1.82. The Kier molecular flexibility index (Phi) is 3.71. The summed E-state index contributed by atoms with van der Waals surface area (Å²) in [7, 11) is 0. The molecule has 19 heavy (non-hydrogen) atoms. The zero-order chi connectivity index (χ0) is 14.0. The van der Waals surface area contributed by atoms with Gasteiger partial charge >= 0.3 is 5.97 Å². The van der Waals surface area contributed by atoms with E-state index in [2.05, 4.69) is 5.32 Å². The molecule has 5 heteroatoms. The van der Waals surface area contributed by atoms with E-state index in [1.54, 1.807) is 18.2 Å². The van der Waals surface area contributed by atoms with Crippen LogP contribution < -0.4 is 5.32 Å². The first-order valence-electron chi connectivity index (χ1n) is 5.54. The molecule has 0 saturated heterocycles. The molecule has 2 aromatic rings. The lowest BCUT2D eigenvalue weighted by atomic mass is 10.1.